The number of rotatable bonds is 10. The van der Waals surface area contributed by atoms with Crippen LogP contribution in [0.4, 0.5) is 11.8 Å². The second kappa shape index (κ2) is 9.61. The topological polar surface area (TPSA) is 72.0 Å². The molecule has 23 heavy (non-hydrogen) atoms. The summed E-state index contributed by atoms with van der Waals surface area (Å²) in [5.74, 6) is 2.20. The average molecular weight is 315 g/mol. The molecule has 2 aromatic rings. The lowest BCUT2D eigenvalue weighted by molar-refractivity contribution is 0.410. The predicted molar refractivity (Wildman–Crippen MR) is 93.0 cm³/mol. The Kier molecular flexibility index (Phi) is 7.10. The van der Waals surface area contributed by atoms with Crippen molar-refractivity contribution >= 4 is 11.8 Å². The fourth-order valence-electron chi connectivity index (χ4n) is 2.27. The summed E-state index contributed by atoms with van der Waals surface area (Å²) in [5.41, 5.74) is 1.16. The second-order valence-corrected chi connectivity index (χ2v) is 5.29. The van der Waals surface area contributed by atoms with Gasteiger partial charge in [0.2, 0.25) is 5.95 Å². The van der Waals surface area contributed by atoms with Crippen LogP contribution in [0.2, 0.25) is 0 Å². The van der Waals surface area contributed by atoms with Crippen LogP contribution in [0.15, 0.2) is 30.5 Å². The highest BCUT2D eigenvalue weighted by molar-refractivity contribution is 5.38. The molecule has 1 aromatic carbocycles. The van der Waals surface area contributed by atoms with Gasteiger partial charge in [-0.15, -0.1) is 5.10 Å². The fraction of sp³-hybridized carbons (Fsp3) is 0.471. The maximum atomic E-state index is 5.35. The van der Waals surface area contributed by atoms with Gasteiger partial charge in [-0.25, -0.2) is 0 Å². The van der Waals surface area contributed by atoms with Crippen molar-refractivity contribution in [3.8, 4) is 5.75 Å². The number of nitrogens with one attached hydrogen (secondary N) is 2. The minimum atomic E-state index is 0.542. The van der Waals surface area contributed by atoms with Crippen molar-refractivity contribution in [2.75, 3.05) is 30.8 Å². The van der Waals surface area contributed by atoms with Crippen LogP contribution < -0.4 is 15.4 Å². The van der Waals surface area contributed by atoms with Gasteiger partial charge in [-0.2, -0.15) is 10.1 Å². The summed E-state index contributed by atoms with van der Waals surface area (Å²) in [7, 11) is 1.69. The van der Waals surface area contributed by atoms with E-state index in [1.807, 2.05) is 18.2 Å². The van der Waals surface area contributed by atoms with E-state index in [9.17, 15) is 0 Å². The first kappa shape index (κ1) is 17.0. The van der Waals surface area contributed by atoms with Crippen molar-refractivity contribution < 1.29 is 4.74 Å². The Morgan fingerprint density at radius 2 is 1.96 bits per heavy atom. The molecule has 0 saturated carbocycles. The molecule has 1 heterocycles. The Balaban J connectivity index is 1.81. The summed E-state index contributed by atoms with van der Waals surface area (Å²) in [6.07, 6.45) is 6.05. The third-order valence-electron chi connectivity index (χ3n) is 3.52. The minimum absolute atomic E-state index is 0.542. The number of hydrogen-bond donors (Lipinski definition) is 2. The van der Waals surface area contributed by atoms with E-state index in [2.05, 4.69) is 38.8 Å². The van der Waals surface area contributed by atoms with Crippen molar-refractivity contribution in [1.82, 2.24) is 15.2 Å². The SMILES string of the molecule is CCCCCNc1cnnc(NCCc2ccccc2OC)n1. The van der Waals surface area contributed by atoms with Crippen LogP contribution in [0.3, 0.4) is 0 Å². The monoisotopic (exact) mass is 315 g/mol. The third-order valence-corrected chi connectivity index (χ3v) is 3.52. The van der Waals surface area contributed by atoms with E-state index in [4.69, 9.17) is 4.74 Å². The highest BCUT2D eigenvalue weighted by atomic mass is 16.5. The third kappa shape index (κ3) is 5.73. The molecular formula is C17H25N5O. The number of unbranched alkanes of at least 4 members (excludes halogenated alkanes) is 2. The molecule has 2 rings (SSSR count). The molecule has 0 bridgehead atoms. The van der Waals surface area contributed by atoms with Crippen LogP contribution in [0.25, 0.3) is 0 Å². The van der Waals surface area contributed by atoms with Crippen LogP contribution in [-0.4, -0.2) is 35.4 Å². The molecule has 0 unspecified atom stereocenters. The summed E-state index contributed by atoms with van der Waals surface area (Å²) in [5, 5.41) is 14.5. The summed E-state index contributed by atoms with van der Waals surface area (Å²) in [6, 6.07) is 8.01. The molecule has 2 N–H and O–H groups in total. The van der Waals surface area contributed by atoms with E-state index in [0.717, 1.165) is 43.1 Å². The molecule has 0 aliphatic carbocycles. The Labute approximate surface area is 137 Å². The number of anilines is 2. The molecule has 0 atom stereocenters. The highest BCUT2D eigenvalue weighted by Crippen LogP contribution is 2.17. The highest BCUT2D eigenvalue weighted by Gasteiger charge is 2.03. The minimum Gasteiger partial charge on any atom is -0.496 e. The standard InChI is InChI=1S/C17H25N5O/c1-3-4-7-11-18-16-13-20-22-17(21-16)19-12-10-14-8-5-6-9-15(14)23-2/h5-6,8-9,13H,3-4,7,10-12H2,1-2H3,(H2,18,19,21,22). The molecule has 0 aliphatic rings. The first-order valence-corrected chi connectivity index (χ1v) is 8.13. The molecule has 6 heteroatoms. The van der Waals surface area contributed by atoms with E-state index < -0.39 is 0 Å². The maximum absolute atomic E-state index is 5.35. The lowest BCUT2D eigenvalue weighted by atomic mass is 10.1. The normalized spacial score (nSPS) is 10.3. The predicted octanol–water partition coefficient (Wildman–Crippen LogP) is 3.14. The van der Waals surface area contributed by atoms with Gasteiger partial charge in [-0.1, -0.05) is 38.0 Å². The summed E-state index contributed by atoms with van der Waals surface area (Å²) < 4.78 is 5.35. The first-order chi connectivity index (χ1) is 11.3. The Hall–Kier alpha value is -2.37. The number of ether oxygens (including phenoxy) is 1. The number of methoxy groups -OCH3 is 1. The average Bonchev–Trinajstić information content (AvgIpc) is 2.60. The molecule has 0 fully saturated rings. The number of benzene rings is 1. The maximum Gasteiger partial charge on any atom is 0.244 e. The largest absolute Gasteiger partial charge is 0.496 e. The molecule has 0 spiro atoms. The van der Waals surface area contributed by atoms with Gasteiger partial charge in [0, 0.05) is 13.1 Å². The van der Waals surface area contributed by atoms with Crippen LogP contribution >= 0.6 is 0 Å². The van der Waals surface area contributed by atoms with Gasteiger partial charge in [0.05, 0.1) is 13.3 Å². The van der Waals surface area contributed by atoms with Crippen molar-refractivity contribution in [1.29, 1.82) is 0 Å². The first-order valence-electron chi connectivity index (χ1n) is 8.13. The number of para-hydroxylation sites is 1. The lowest BCUT2D eigenvalue weighted by Gasteiger charge is -2.09. The van der Waals surface area contributed by atoms with Crippen molar-refractivity contribution in [3.63, 3.8) is 0 Å². The Bertz CT molecular complexity index is 591. The van der Waals surface area contributed by atoms with E-state index in [1.54, 1.807) is 13.3 Å². The van der Waals surface area contributed by atoms with Gasteiger partial charge in [0.25, 0.3) is 0 Å². The molecular weight excluding hydrogens is 290 g/mol. The summed E-state index contributed by atoms with van der Waals surface area (Å²) in [4.78, 5) is 4.42. The van der Waals surface area contributed by atoms with E-state index >= 15 is 0 Å². The smallest absolute Gasteiger partial charge is 0.244 e. The van der Waals surface area contributed by atoms with Gasteiger partial charge >= 0.3 is 0 Å². The van der Waals surface area contributed by atoms with E-state index in [1.165, 1.54) is 12.8 Å². The zero-order chi connectivity index (χ0) is 16.3. The Morgan fingerprint density at radius 1 is 1.09 bits per heavy atom. The summed E-state index contributed by atoms with van der Waals surface area (Å²) >= 11 is 0. The van der Waals surface area contributed by atoms with Gasteiger partial charge in [-0.05, 0) is 24.5 Å². The summed E-state index contributed by atoms with van der Waals surface area (Å²) in [6.45, 7) is 3.82. The van der Waals surface area contributed by atoms with Crippen LogP contribution in [0, 0.1) is 0 Å². The van der Waals surface area contributed by atoms with E-state index in [0.29, 0.717) is 5.95 Å². The molecule has 1 aromatic heterocycles. The molecule has 6 nitrogen and oxygen atoms in total. The van der Waals surface area contributed by atoms with Crippen LogP contribution in [-0.2, 0) is 6.42 Å². The zero-order valence-electron chi connectivity index (χ0n) is 13.9. The molecule has 0 aliphatic heterocycles. The van der Waals surface area contributed by atoms with Crippen LogP contribution in [0.1, 0.15) is 31.7 Å². The van der Waals surface area contributed by atoms with Crippen molar-refractivity contribution in [3.05, 3.63) is 36.0 Å². The number of nitrogens with zero attached hydrogens (tertiary/aromatic N) is 3. The second-order valence-electron chi connectivity index (χ2n) is 5.29. The van der Waals surface area contributed by atoms with Gasteiger partial charge in [0.15, 0.2) is 0 Å². The van der Waals surface area contributed by atoms with Gasteiger partial charge in [0.1, 0.15) is 11.6 Å². The lowest BCUT2D eigenvalue weighted by Crippen LogP contribution is -2.11. The van der Waals surface area contributed by atoms with Crippen molar-refractivity contribution in [2.24, 2.45) is 0 Å². The molecule has 124 valence electrons. The molecule has 0 radical (unpaired) electrons. The molecule has 0 amide bonds. The quantitative estimate of drug-likeness (QED) is 0.656. The van der Waals surface area contributed by atoms with E-state index in [-0.39, 0.29) is 0 Å². The van der Waals surface area contributed by atoms with Gasteiger partial charge < -0.3 is 15.4 Å². The number of aromatic nitrogens is 3. The Morgan fingerprint density at radius 3 is 2.78 bits per heavy atom. The molecule has 0 saturated heterocycles. The van der Waals surface area contributed by atoms with Crippen molar-refractivity contribution in [2.45, 2.75) is 32.6 Å². The van der Waals surface area contributed by atoms with Gasteiger partial charge in [-0.3, -0.25) is 0 Å². The zero-order valence-corrected chi connectivity index (χ0v) is 13.9. The number of hydrogen-bond acceptors (Lipinski definition) is 6. The fourth-order valence-corrected chi connectivity index (χ4v) is 2.27. The van der Waals surface area contributed by atoms with Crippen LogP contribution in [0.5, 0.6) is 5.75 Å².